The van der Waals surface area contributed by atoms with Crippen molar-refractivity contribution in [1.82, 2.24) is 10.2 Å². The van der Waals surface area contributed by atoms with Crippen LogP contribution in [0, 0.1) is 18.7 Å². The topological polar surface area (TPSA) is 32.3 Å². The molecule has 1 amide bonds. The molecule has 2 fully saturated rings. The highest BCUT2D eigenvalue weighted by Gasteiger charge is 2.44. The fraction of sp³-hybridized carbons (Fsp3) is 0.533. The number of amides is 1. The number of hydrogen-bond donors (Lipinski definition) is 1. The summed E-state index contributed by atoms with van der Waals surface area (Å²) in [6.07, 6.45) is 1.04. The van der Waals surface area contributed by atoms with Crippen molar-refractivity contribution in [3.05, 3.63) is 35.1 Å². The van der Waals surface area contributed by atoms with Crippen molar-refractivity contribution in [2.24, 2.45) is 5.92 Å². The molecule has 19 heavy (non-hydrogen) atoms. The number of nitrogens with zero attached hydrogens (tertiary/aromatic N) is 1. The summed E-state index contributed by atoms with van der Waals surface area (Å²) in [4.78, 5) is 14.5. The van der Waals surface area contributed by atoms with Gasteiger partial charge in [-0.1, -0.05) is 6.07 Å². The number of fused-ring (bicyclic) bond motifs is 1. The molecule has 0 aromatic heterocycles. The van der Waals surface area contributed by atoms with Crippen molar-refractivity contribution < 1.29 is 9.18 Å². The maximum atomic E-state index is 13.6. The zero-order valence-electron chi connectivity index (χ0n) is 11.3. The van der Waals surface area contributed by atoms with Crippen LogP contribution in [0.2, 0.25) is 0 Å². The van der Waals surface area contributed by atoms with Crippen molar-refractivity contribution in [3.63, 3.8) is 0 Å². The average Bonchev–Trinajstić information content (AvgIpc) is 2.91. The van der Waals surface area contributed by atoms with Gasteiger partial charge in [-0.05, 0) is 43.9 Å². The van der Waals surface area contributed by atoms with E-state index in [0.29, 0.717) is 17.0 Å². The predicted molar refractivity (Wildman–Crippen MR) is 71.5 cm³/mol. The van der Waals surface area contributed by atoms with Crippen LogP contribution in [-0.2, 0) is 0 Å². The first kappa shape index (κ1) is 12.6. The SMILES string of the molecule is Cc1ccc(C(=O)N2C(C)CC3CNCC32)cc1F. The molecule has 0 radical (unpaired) electrons. The van der Waals surface area contributed by atoms with E-state index in [0.717, 1.165) is 19.5 Å². The second-order valence-corrected chi connectivity index (χ2v) is 5.75. The Kier molecular flexibility index (Phi) is 3.05. The van der Waals surface area contributed by atoms with Gasteiger partial charge in [-0.15, -0.1) is 0 Å². The molecule has 2 aliphatic heterocycles. The molecule has 3 unspecified atom stereocenters. The van der Waals surface area contributed by atoms with Gasteiger partial charge in [0.2, 0.25) is 0 Å². The van der Waals surface area contributed by atoms with Crippen LogP contribution in [0.5, 0.6) is 0 Å². The van der Waals surface area contributed by atoms with Crippen LogP contribution in [0.1, 0.15) is 29.3 Å². The van der Waals surface area contributed by atoms with Crippen LogP contribution in [-0.4, -0.2) is 36.0 Å². The highest BCUT2D eigenvalue weighted by Crippen LogP contribution is 2.33. The molecule has 2 saturated heterocycles. The first-order valence-corrected chi connectivity index (χ1v) is 6.87. The number of nitrogens with one attached hydrogen (secondary N) is 1. The predicted octanol–water partition coefficient (Wildman–Crippen LogP) is 1.96. The average molecular weight is 262 g/mol. The van der Waals surface area contributed by atoms with Crippen LogP contribution < -0.4 is 5.32 Å². The lowest BCUT2D eigenvalue weighted by atomic mass is 10.0. The van der Waals surface area contributed by atoms with Gasteiger partial charge in [0.15, 0.2) is 0 Å². The van der Waals surface area contributed by atoms with Gasteiger partial charge in [-0.25, -0.2) is 4.39 Å². The van der Waals surface area contributed by atoms with Gasteiger partial charge in [0.05, 0.1) is 0 Å². The third-order valence-electron chi connectivity index (χ3n) is 4.43. The summed E-state index contributed by atoms with van der Waals surface area (Å²) in [6.45, 7) is 5.63. The molecule has 4 heteroatoms. The zero-order valence-corrected chi connectivity index (χ0v) is 11.3. The molecule has 3 nitrogen and oxygen atoms in total. The summed E-state index contributed by atoms with van der Waals surface area (Å²) in [5, 5.41) is 3.33. The highest BCUT2D eigenvalue weighted by atomic mass is 19.1. The molecular weight excluding hydrogens is 243 g/mol. The summed E-state index contributed by atoms with van der Waals surface area (Å²) >= 11 is 0. The Morgan fingerprint density at radius 1 is 1.42 bits per heavy atom. The monoisotopic (exact) mass is 262 g/mol. The number of hydrogen-bond acceptors (Lipinski definition) is 2. The molecule has 1 N–H and O–H groups in total. The van der Waals surface area contributed by atoms with Gasteiger partial charge < -0.3 is 10.2 Å². The number of likely N-dealkylation sites (tertiary alicyclic amines) is 1. The molecule has 102 valence electrons. The standard InChI is InChI=1S/C15H19FN2O/c1-9-3-4-11(6-13(9)16)15(19)18-10(2)5-12-7-17-8-14(12)18/h3-4,6,10,12,14,17H,5,7-8H2,1-2H3. The van der Waals surface area contributed by atoms with E-state index in [-0.39, 0.29) is 23.8 Å². The Morgan fingerprint density at radius 3 is 2.95 bits per heavy atom. The summed E-state index contributed by atoms with van der Waals surface area (Å²) < 4.78 is 13.6. The molecule has 0 bridgehead atoms. The van der Waals surface area contributed by atoms with Gasteiger partial charge in [-0.2, -0.15) is 0 Å². The number of carbonyl (C=O) groups excluding carboxylic acids is 1. The first-order chi connectivity index (χ1) is 9.08. The van der Waals surface area contributed by atoms with E-state index in [1.165, 1.54) is 6.07 Å². The van der Waals surface area contributed by atoms with E-state index >= 15 is 0 Å². The molecule has 0 saturated carbocycles. The zero-order chi connectivity index (χ0) is 13.6. The fourth-order valence-electron chi connectivity index (χ4n) is 3.39. The second kappa shape index (κ2) is 4.60. The molecule has 3 atom stereocenters. The van der Waals surface area contributed by atoms with Crippen LogP contribution in [0.3, 0.4) is 0 Å². The van der Waals surface area contributed by atoms with Gasteiger partial charge in [0.1, 0.15) is 5.82 Å². The third-order valence-corrected chi connectivity index (χ3v) is 4.43. The lowest BCUT2D eigenvalue weighted by Crippen LogP contribution is -2.42. The van der Waals surface area contributed by atoms with E-state index in [4.69, 9.17) is 0 Å². The number of rotatable bonds is 1. The first-order valence-electron chi connectivity index (χ1n) is 6.87. The summed E-state index contributed by atoms with van der Waals surface area (Å²) in [5.41, 5.74) is 1.04. The maximum absolute atomic E-state index is 13.6. The smallest absolute Gasteiger partial charge is 0.254 e. The molecule has 2 heterocycles. The minimum atomic E-state index is -0.307. The Bertz CT molecular complexity index is 517. The normalized spacial score (nSPS) is 29.6. The largest absolute Gasteiger partial charge is 0.331 e. The van der Waals surface area contributed by atoms with E-state index in [9.17, 15) is 9.18 Å². The fourth-order valence-corrected chi connectivity index (χ4v) is 3.39. The number of halogens is 1. The second-order valence-electron chi connectivity index (χ2n) is 5.75. The Balaban J connectivity index is 1.88. The molecular formula is C15H19FN2O. The quantitative estimate of drug-likeness (QED) is 0.839. The van der Waals surface area contributed by atoms with Gasteiger partial charge in [0, 0.05) is 30.7 Å². The van der Waals surface area contributed by atoms with Gasteiger partial charge in [-0.3, -0.25) is 4.79 Å². The molecule has 0 aliphatic carbocycles. The Hall–Kier alpha value is -1.42. The van der Waals surface area contributed by atoms with Crippen LogP contribution in [0.4, 0.5) is 4.39 Å². The van der Waals surface area contributed by atoms with Gasteiger partial charge in [0.25, 0.3) is 5.91 Å². The Labute approximate surface area is 112 Å². The minimum Gasteiger partial charge on any atom is -0.331 e. The number of carbonyl (C=O) groups is 1. The maximum Gasteiger partial charge on any atom is 0.254 e. The minimum absolute atomic E-state index is 0.0393. The number of benzene rings is 1. The summed E-state index contributed by atoms with van der Waals surface area (Å²) in [7, 11) is 0. The van der Waals surface area contributed by atoms with Crippen LogP contribution in [0.25, 0.3) is 0 Å². The molecule has 3 rings (SSSR count). The summed E-state index contributed by atoms with van der Waals surface area (Å²) in [6, 6.07) is 5.28. The van der Waals surface area contributed by atoms with E-state index in [2.05, 4.69) is 12.2 Å². The van der Waals surface area contributed by atoms with Gasteiger partial charge >= 0.3 is 0 Å². The molecule has 0 spiro atoms. The van der Waals surface area contributed by atoms with Crippen molar-refractivity contribution in [3.8, 4) is 0 Å². The van der Waals surface area contributed by atoms with Crippen molar-refractivity contribution in [1.29, 1.82) is 0 Å². The molecule has 1 aromatic rings. The Morgan fingerprint density at radius 2 is 2.21 bits per heavy atom. The lowest BCUT2D eigenvalue weighted by Gasteiger charge is -2.27. The van der Waals surface area contributed by atoms with Crippen LogP contribution in [0.15, 0.2) is 18.2 Å². The van der Waals surface area contributed by atoms with Crippen molar-refractivity contribution in [2.45, 2.75) is 32.4 Å². The molecule has 1 aromatic carbocycles. The lowest BCUT2D eigenvalue weighted by molar-refractivity contribution is 0.0681. The van der Waals surface area contributed by atoms with Crippen molar-refractivity contribution >= 4 is 5.91 Å². The summed E-state index contributed by atoms with van der Waals surface area (Å²) in [5.74, 6) is 0.204. The molecule has 2 aliphatic rings. The van der Waals surface area contributed by atoms with Crippen LogP contribution >= 0.6 is 0 Å². The highest BCUT2D eigenvalue weighted by molar-refractivity contribution is 5.95. The number of aryl methyl sites for hydroxylation is 1. The van der Waals surface area contributed by atoms with Crippen molar-refractivity contribution in [2.75, 3.05) is 13.1 Å². The van der Waals surface area contributed by atoms with E-state index < -0.39 is 0 Å². The van der Waals surface area contributed by atoms with E-state index in [1.54, 1.807) is 19.1 Å². The van der Waals surface area contributed by atoms with E-state index in [1.807, 2.05) is 4.90 Å². The third kappa shape index (κ3) is 2.04.